The van der Waals surface area contributed by atoms with Gasteiger partial charge in [-0.2, -0.15) is 0 Å². The Kier molecular flexibility index (Phi) is 4.03. The van der Waals surface area contributed by atoms with Crippen LogP contribution in [0.2, 0.25) is 0 Å². The van der Waals surface area contributed by atoms with Crippen molar-refractivity contribution < 1.29 is 18.8 Å². The highest BCUT2D eigenvalue weighted by Gasteiger charge is 2.37. The van der Waals surface area contributed by atoms with Gasteiger partial charge in [0.05, 0.1) is 6.54 Å². The number of nitrogens with two attached hydrogens (primary N) is 1. The first-order chi connectivity index (χ1) is 7.44. The van der Waals surface area contributed by atoms with Crippen molar-refractivity contribution in [2.45, 2.75) is 31.6 Å². The van der Waals surface area contributed by atoms with Crippen molar-refractivity contribution in [1.29, 1.82) is 0 Å². The monoisotopic (exact) mass is 235 g/mol. The number of amidine groups is 1. The van der Waals surface area contributed by atoms with Crippen molar-refractivity contribution in [1.82, 2.24) is 5.32 Å². The molecule has 0 aromatic heterocycles. The summed E-state index contributed by atoms with van der Waals surface area (Å²) in [6.07, 6.45) is -0.159. The van der Waals surface area contributed by atoms with Gasteiger partial charge in [-0.25, -0.2) is 8.78 Å². The molecule has 0 aromatic carbocycles. The molecule has 0 bridgehead atoms. The maximum atomic E-state index is 12.8. The molecule has 0 radical (unpaired) electrons. The number of oxime groups is 1. The summed E-state index contributed by atoms with van der Waals surface area (Å²) >= 11 is 0. The van der Waals surface area contributed by atoms with Crippen LogP contribution in [0.1, 0.15) is 25.7 Å². The summed E-state index contributed by atoms with van der Waals surface area (Å²) in [5, 5.41) is 13.4. The molecule has 0 heterocycles. The summed E-state index contributed by atoms with van der Waals surface area (Å²) in [6.45, 7) is -0.0672. The number of hydrogen-bond acceptors (Lipinski definition) is 3. The molecule has 92 valence electrons. The molecule has 1 fully saturated rings. The molecule has 0 atom stereocenters. The molecule has 0 spiro atoms. The van der Waals surface area contributed by atoms with E-state index in [-0.39, 0.29) is 44.0 Å². The van der Waals surface area contributed by atoms with E-state index in [1.807, 2.05) is 0 Å². The first kappa shape index (κ1) is 12.7. The Morgan fingerprint density at radius 2 is 2.06 bits per heavy atom. The van der Waals surface area contributed by atoms with E-state index in [0.29, 0.717) is 0 Å². The number of carbonyl (C=O) groups excluding carboxylic acids is 1. The van der Waals surface area contributed by atoms with Gasteiger partial charge in [0.15, 0.2) is 5.84 Å². The second kappa shape index (κ2) is 5.09. The summed E-state index contributed by atoms with van der Waals surface area (Å²) in [5.74, 6) is -3.47. The van der Waals surface area contributed by atoms with Gasteiger partial charge < -0.3 is 16.3 Å². The molecule has 1 rings (SSSR count). The third-order valence-corrected chi connectivity index (χ3v) is 2.66. The second-order valence-electron chi connectivity index (χ2n) is 3.94. The second-order valence-corrected chi connectivity index (χ2v) is 3.94. The van der Waals surface area contributed by atoms with Crippen LogP contribution in [0.15, 0.2) is 5.16 Å². The summed E-state index contributed by atoms with van der Waals surface area (Å²) in [4.78, 5) is 11.5. The van der Waals surface area contributed by atoms with E-state index in [2.05, 4.69) is 10.5 Å². The molecular weight excluding hydrogens is 220 g/mol. The van der Waals surface area contributed by atoms with E-state index < -0.39 is 11.8 Å². The van der Waals surface area contributed by atoms with E-state index in [9.17, 15) is 13.6 Å². The minimum absolute atomic E-state index is 0.0672. The number of amides is 1. The largest absolute Gasteiger partial charge is 0.409 e. The van der Waals surface area contributed by atoms with Gasteiger partial charge >= 0.3 is 0 Å². The predicted molar refractivity (Wildman–Crippen MR) is 53.3 cm³/mol. The van der Waals surface area contributed by atoms with Crippen molar-refractivity contribution in [2.24, 2.45) is 16.8 Å². The predicted octanol–water partition coefficient (Wildman–Crippen LogP) is 0.674. The Bertz CT molecular complexity index is 284. The van der Waals surface area contributed by atoms with Crippen LogP contribution in [0.5, 0.6) is 0 Å². The van der Waals surface area contributed by atoms with E-state index >= 15 is 0 Å². The Hall–Kier alpha value is -1.40. The quantitative estimate of drug-likeness (QED) is 0.291. The van der Waals surface area contributed by atoms with Gasteiger partial charge in [0.1, 0.15) is 0 Å². The highest BCUT2D eigenvalue weighted by molar-refractivity contribution is 5.87. The van der Waals surface area contributed by atoms with Crippen molar-refractivity contribution >= 4 is 11.7 Å². The average Bonchev–Trinajstić information content (AvgIpc) is 2.25. The summed E-state index contributed by atoms with van der Waals surface area (Å²) in [6, 6.07) is 0. The number of rotatable bonds is 3. The minimum Gasteiger partial charge on any atom is -0.409 e. The fourth-order valence-electron chi connectivity index (χ4n) is 1.66. The molecule has 5 nitrogen and oxygen atoms in total. The zero-order valence-electron chi connectivity index (χ0n) is 8.75. The van der Waals surface area contributed by atoms with Crippen LogP contribution in [0.4, 0.5) is 8.78 Å². The smallest absolute Gasteiger partial charge is 0.248 e. The number of halogens is 2. The fraction of sp³-hybridized carbons (Fsp3) is 0.778. The normalized spacial score (nSPS) is 21.8. The number of carbonyl (C=O) groups is 1. The lowest BCUT2D eigenvalue weighted by Crippen LogP contribution is -2.39. The number of alkyl halides is 2. The third-order valence-electron chi connectivity index (χ3n) is 2.66. The molecular formula is C9H15F2N3O2. The van der Waals surface area contributed by atoms with E-state index in [0.717, 1.165) is 0 Å². The van der Waals surface area contributed by atoms with E-state index in [1.165, 1.54) is 0 Å². The van der Waals surface area contributed by atoms with Gasteiger partial charge in [-0.3, -0.25) is 4.79 Å². The van der Waals surface area contributed by atoms with Gasteiger partial charge in [-0.05, 0) is 12.8 Å². The molecule has 0 aliphatic heterocycles. The van der Waals surface area contributed by atoms with Crippen LogP contribution in [0.3, 0.4) is 0 Å². The van der Waals surface area contributed by atoms with Crippen LogP contribution in [0, 0.1) is 5.92 Å². The molecule has 0 saturated heterocycles. The van der Waals surface area contributed by atoms with Crippen LogP contribution in [-0.4, -0.2) is 29.4 Å². The van der Waals surface area contributed by atoms with Crippen LogP contribution in [-0.2, 0) is 4.79 Å². The maximum absolute atomic E-state index is 12.8. The molecule has 1 aliphatic rings. The molecule has 7 heteroatoms. The average molecular weight is 235 g/mol. The minimum atomic E-state index is -2.64. The first-order valence-electron chi connectivity index (χ1n) is 5.06. The van der Waals surface area contributed by atoms with Gasteiger partial charge in [-0.15, -0.1) is 0 Å². The van der Waals surface area contributed by atoms with Gasteiger partial charge in [-0.1, -0.05) is 5.16 Å². The van der Waals surface area contributed by atoms with Crippen molar-refractivity contribution in [3.63, 3.8) is 0 Å². The molecule has 16 heavy (non-hydrogen) atoms. The molecule has 1 aliphatic carbocycles. The Morgan fingerprint density at radius 1 is 1.50 bits per heavy atom. The molecule has 4 N–H and O–H groups in total. The zero-order chi connectivity index (χ0) is 12.2. The van der Waals surface area contributed by atoms with E-state index in [1.54, 1.807) is 0 Å². The number of nitrogens with one attached hydrogen (secondary N) is 1. The lowest BCUT2D eigenvalue weighted by Gasteiger charge is -2.27. The van der Waals surface area contributed by atoms with Crippen LogP contribution < -0.4 is 11.1 Å². The molecule has 1 saturated carbocycles. The lowest BCUT2D eigenvalue weighted by molar-refractivity contribution is -0.128. The maximum Gasteiger partial charge on any atom is 0.248 e. The van der Waals surface area contributed by atoms with Gasteiger partial charge in [0, 0.05) is 18.8 Å². The first-order valence-corrected chi connectivity index (χ1v) is 5.06. The summed E-state index contributed by atoms with van der Waals surface area (Å²) in [7, 11) is 0. The van der Waals surface area contributed by atoms with Gasteiger partial charge in [0.25, 0.3) is 0 Å². The molecule has 0 aromatic rings. The lowest BCUT2D eigenvalue weighted by atomic mass is 9.86. The zero-order valence-corrected chi connectivity index (χ0v) is 8.75. The standard InChI is InChI=1S/C9H15F2N3O2/c10-9(11)3-1-6(2-4-9)8(15)13-5-7(12)14-16/h6,16H,1-5H2,(H2,12,14)(H,13,15). The van der Waals surface area contributed by atoms with Crippen molar-refractivity contribution in [2.75, 3.05) is 6.54 Å². The highest BCUT2D eigenvalue weighted by atomic mass is 19.3. The topological polar surface area (TPSA) is 87.7 Å². The SMILES string of the molecule is NC(CNC(=O)C1CCC(F)(F)CC1)=NO. The highest BCUT2D eigenvalue weighted by Crippen LogP contribution is 2.35. The van der Waals surface area contributed by atoms with Crippen LogP contribution >= 0.6 is 0 Å². The molecule has 0 unspecified atom stereocenters. The van der Waals surface area contributed by atoms with Crippen LogP contribution in [0.25, 0.3) is 0 Å². The Labute approximate surface area is 91.7 Å². The molecule has 1 amide bonds. The van der Waals surface area contributed by atoms with Gasteiger partial charge in [0.2, 0.25) is 11.8 Å². The fourth-order valence-corrected chi connectivity index (χ4v) is 1.66. The van der Waals surface area contributed by atoms with Crippen molar-refractivity contribution in [3.8, 4) is 0 Å². The van der Waals surface area contributed by atoms with Crippen molar-refractivity contribution in [3.05, 3.63) is 0 Å². The van der Waals surface area contributed by atoms with E-state index in [4.69, 9.17) is 10.9 Å². The summed E-state index contributed by atoms with van der Waals surface area (Å²) < 4.78 is 25.6. The Morgan fingerprint density at radius 3 is 2.56 bits per heavy atom. The number of nitrogens with zero attached hydrogens (tertiary/aromatic N) is 1. The third kappa shape index (κ3) is 3.63. The number of hydrogen-bond donors (Lipinski definition) is 3. The summed E-state index contributed by atoms with van der Waals surface area (Å²) in [5.41, 5.74) is 5.16. The Balaban J connectivity index is 2.34.